The van der Waals surface area contributed by atoms with E-state index < -0.39 is 0 Å². The molecule has 0 saturated carbocycles. The van der Waals surface area contributed by atoms with E-state index in [1.165, 1.54) is 5.56 Å². The Labute approximate surface area is 200 Å². The predicted octanol–water partition coefficient (Wildman–Crippen LogP) is 5.50. The molecule has 0 saturated heterocycles. The third-order valence-corrected chi connectivity index (χ3v) is 5.43. The van der Waals surface area contributed by atoms with Crippen molar-refractivity contribution in [3.05, 3.63) is 83.4 Å². The molecular formula is C26H30ClN3O3. The van der Waals surface area contributed by atoms with E-state index in [0.29, 0.717) is 31.5 Å². The molecule has 6 nitrogen and oxygen atoms in total. The van der Waals surface area contributed by atoms with E-state index in [9.17, 15) is 0 Å². The van der Waals surface area contributed by atoms with Crippen LogP contribution in [0.4, 0.5) is 6.01 Å². The Kier molecular flexibility index (Phi) is 8.58. The molecule has 0 aliphatic heterocycles. The number of hydrogen-bond donors (Lipinski definition) is 1. The van der Waals surface area contributed by atoms with Gasteiger partial charge in [0.15, 0.2) is 17.1 Å². The molecule has 7 heteroatoms. The van der Waals surface area contributed by atoms with Gasteiger partial charge in [0.2, 0.25) is 0 Å². The molecule has 1 aromatic heterocycles. The van der Waals surface area contributed by atoms with Crippen LogP contribution in [0.15, 0.2) is 71.1 Å². The molecule has 2 N–H and O–H groups in total. The number of nitrogens with zero attached hydrogens (tertiary/aromatic N) is 2. The third kappa shape index (κ3) is 5.97. The molecule has 33 heavy (non-hydrogen) atoms. The lowest BCUT2D eigenvalue weighted by molar-refractivity contribution is 0.283. The van der Waals surface area contributed by atoms with Crippen LogP contribution in [-0.2, 0) is 13.2 Å². The standard InChI is InChI=1S/C26H29N3O3.ClH/c1-19-8-3-4-9-21(19)18-31-24-13-12-20(16-25(24)30-2)17-29(15-7-14-27)26-28-22-10-5-6-11-23(22)32-26;/h3-6,8-13,16H,7,14-15,17-18,27H2,1-2H3;1H. The Morgan fingerprint density at radius 3 is 2.55 bits per heavy atom. The maximum absolute atomic E-state index is 6.06. The van der Waals surface area contributed by atoms with E-state index in [0.717, 1.165) is 40.9 Å². The first-order valence-corrected chi connectivity index (χ1v) is 10.8. The van der Waals surface area contributed by atoms with E-state index in [-0.39, 0.29) is 12.4 Å². The van der Waals surface area contributed by atoms with Crippen molar-refractivity contribution in [2.45, 2.75) is 26.5 Å². The van der Waals surface area contributed by atoms with Crippen LogP contribution < -0.4 is 20.1 Å². The number of aryl methyl sites for hydroxylation is 1. The van der Waals surface area contributed by atoms with Crippen molar-refractivity contribution in [3.63, 3.8) is 0 Å². The molecule has 0 radical (unpaired) electrons. The zero-order chi connectivity index (χ0) is 22.3. The minimum Gasteiger partial charge on any atom is -0.493 e. The number of para-hydroxylation sites is 2. The monoisotopic (exact) mass is 467 g/mol. The molecule has 0 fully saturated rings. The Bertz CT molecular complexity index is 1150. The van der Waals surface area contributed by atoms with Crippen LogP contribution in [0.25, 0.3) is 11.1 Å². The van der Waals surface area contributed by atoms with E-state index in [1.54, 1.807) is 7.11 Å². The van der Waals surface area contributed by atoms with Gasteiger partial charge in [0.25, 0.3) is 6.01 Å². The van der Waals surface area contributed by atoms with Crippen molar-refractivity contribution in [2.75, 3.05) is 25.1 Å². The molecule has 0 spiro atoms. The summed E-state index contributed by atoms with van der Waals surface area (Å²) in [6.07, 6.45) is 0.841. The van der Waals surface area contributed by atoms with E-state index in [4.69, 9.17) is 19.6 Å². The zero-order valence-electron chi connectivity index (χ0n) is 19.0. The number of halogens is 1. The van der Waals surface area contributed by atoms with Crippen LogP contribution in [-0.4, -0.2) is 25.2 Å². The lowest BCUT2D eigenvalue weighted by Gasteiger charge is -2.21. The number of fused-ring (bicyclic) bond motifs is 1. The molecule has 1 heterocycles. The van der Waals surface area contributed by atoms with Gasteiger partial charge < -0.3 is 24.5 Å². The predicted molar refractivity (Wildman–Crippen MR) is 134 cm³/mol. The van der Waals surface area contributed by atoms with Gasteiger partial charge in [-0.2, -0.15) is 4.98 Å². The summed E-state index contributed by atoms with van der Waals surface area (Å²) in [5, 5.41) is 0. The van der Waals surface area contributed by atoms with Gasteiger partial charge in [0.1, 0.15) is 12.1 Å². The van der Waals surface area contributed by atoms with Crippen molar-refractivity contribution < 1.29 is 13.9 Å². The molecule has 174 valence electrons. The van der Waals surface area contributed by atoms with Gasteiger partial charge in [0.05, 0.1) is 7.11 Å². The molecular weight excluding hydrogens is 438 g/mol. The Balaban J connectivity index is 0.00000306. The van der Waals surface area contributed by atoms with Crippen LogP contribution >= 0.6 is 12.4 Å². The first-order chi connectivity index (χ1) is 15.7. The van der Waals surface area contributed by atoms with Crippen molar-refractivity contribution in [1.82, 2.24) is 4.98 Å². The van der Waals surface area contributed by atoms with Gasteiger partial charge in [-0.3, -0.25) is 0 Å². The summed E-state index contributed by atoms with van der Waals surface area (Å²) in [5.74, 6) is 1.42. The Morgan fingerprint density at radius 1 is 1.00 bits per heavy atom. The average Bonchev–Trinajstić information content (AvgIpc) is 3.26. The number of nitrogens with two attached hydrogens (primary N) is 1. The summed E-state index contributed by atoms with van der Waals surface area (Å²) in [7, 11) is 1.66. The summed E-state index contributed by atoms with van der Waals surface area (Å²) in [5.41, 5.74) is 10.8. The molecule has 0 atom stereocenters. The smallest absolute Gasteiger partial charge is 0.298 e. The van der Waals surface area contributed by atoms with Gasteiger partial charge in [-0.25, -0.2) is 0 Å². The van der Waals surface area contributed by atoms with Gasteiger partial charge in [-0.1, -0.05) is 42.5 Å². The third-order valence-electron chi connectivity index (χ3n) is 5.43. The highest BCUT2D eigenvalue weighted by Crippen LogP contribution is 2.31. The molecule has 3 aromatic carbocycles. The largest absolute Gasteiger partial charge is 0.493 e. The van der Waals surface area contributed by atoms with Crippen LogP contribution in [0.1, 0.15) is 23.1 Å². The minimum absolute atomic E-state index is 0. The number of hydrogen-bond acceptors (Lipinski definition) is 6. The fourth-order valence-electron chi connectivity index (χ4n) is 3.60. The second-order valence-corrected chi connectivity index (χ2v) is 7.73. The van der Waals surface area contributed by atoms with Crippen molar-refractivity contribution in [2.24, 2.45) is 5.73 Å². The number of ether oxygens (including phenoxy) is 2. The Morgan fingerprint density at radius 2 is 1.79 bits per heavy atom. The SMILES string of the molecule is COc1cc(CN(CCCN)c2nc3ccccc3o2)ccc1OCc1ccccc1C.Cl. The van der Waals surface area contributed by atoms with Crippen LogP contribution in [0.5, 0.6) is 11.5 Å². The molecule has 0 aliphatic rings. The minimum atomic E-state index is 0. The second-order valence-electron chi connectivity index (χ2n) is 7.73. The first kappa shape index (κ1) is 24.4. The summed E-state index contributed by atoms with van der Waals surface area (Å²) >= 11 is 0. The van der Waals surface area contributed by atoms with Gasteiger partial charge in [-0.05, 0) is 60.8 Å². The lowest BCUT2D eigenvalue weighted by atomic mass is 10.1. The summed E-state index contributed by atoms with van der Waals surface area (Å²) < 4.78 is 17.7. The highest BCUT2D eigenvalue weighted by molar-refractivity contribution is 5.85. The number of oxazole rings is 1. The van der Waals surface area contributed by atoms with Gasteiger partial charge in [-0.15, -0.1) is 12.4 Å². The Hall–Kier alpha value is -3.22. The first-order valence-electron chi connectivity index (χ1n) is 10.8. The van der Waals surface area contributed by atoms with E-state index >= 15 is 0 Å². The quantitative estimate of drug-likeness (QED) is 0.332. The van der Waals surface area contributed by atoms with Crippen LogP contribution in [0.3, 0.4) is 0 Å². The average molecular weight is 468 g/mol. The number of anilines is 1. The molecule has 4 rings (SSSR count). The molecule has 0 amide bonds. The summed E-state index contributed by atoms with van der Waals surface area (Å²) in [4.78, 5) is 6.76. The van der Waals surface area contributed by atoms with Gasteiger partial charge >= 0.3 is 0 Å². The fourth-order valence-corrected chi connectivity index (χ4v) is 3.60. The fraction of sp³-hybridized carbons (Fsp3) is 0.269. The molecule has 0 unspecified atom stereocenters. The van der Waals surface area contributed by atoms with Crippen molar-refractivity contribution >= 4 is 29.5 Å². The van der Waals surface area contributed by atoms with Crippen LogP contribution in [0.2, 0.25) is 0 Å². The molecule has 0 bridgehead atoms. The number of benzene rings is 3. The second kappa shape index (κ2) is 11.6. The van der Waals surface area contributed by atoms with E-state index in [1.807, 2.05) is 54.6 Å². The number of aromatic nitrogens is 1. The zero-order valence-corrected chi connectivity index (χ0v) is 19.8. The topological polar surface area (TPSA) is 73.8 Å². The normalized spacial score (nSPS) is 10.6. The summed E-state index contributed by atoms with van der Waals surface area (Å²) in [6, 6.07) is 22.6. The maximum Gasteiger partial charge on any atom is 0.298 e. The maximum atomic E-state index is 6.06. The van der Waals surface area contributed by atoms with Crippen molar-refractivity contribution in [3.8, 4) is 11.5 Å². The molecule has 4 aromatic rings. The van der Waals surface area contributed by atoms with Crippen LogP contribution in [0, 0.1) is 6.92 Å². The molecule has 0 aliphatic carbocycles. The highest BCUT2D eigenvalue weighted by Gasteiger charge is 2.16. The lowest BCUT2D eigenvalue weighted by Crippen LogP contribution is -2.26. The van der Waals surface area contributed by atoms with Gasteiger partial charge in [0, 0.05) is 13.1 Å². The van der Waals surface area contributed by atoms with E-state index in [2.05, 4.69) is 28.9 Å². The number of methoxy groups -OCH3 is 1. The highest BCUT2D eigenvalue weighted by atomic mass is 35.5. The summed E-state index contributed by atoms with van der Waals surface area (Å²) in [6.45, 7) is 4.55. The van der Waals surface area contributed by atoms with Crippen molar-refractivity contribution in [1.29, 1.82) is 0 Å². The number of rotatable bonds is 10.